The van der Waals surface area contributed by atoms with Crippen molar-refractivity contribution in [3.63, 3.8) is 0 Å². The van der Waals surface area contributed by atoms with Crippen LogP contribution in [0.1, 0.15) is 21.5 Å². The molecule has 4 rings (SSSR count). The highest BCUT2D eigenvalue weighted by Crippen LogP contribution is 2.41. The number of methoxy groups -OCH3 is 1. The Morgan fingerprint density at radius 3 is 2.20 bits per heavy atom. The standard InChI is InChI=1S/C25H14Br4O6/c1-34-19-5-3-12(8-15(19)27)21-20(7-11-2-4-18(30)14(26)6-11)35-25(33)22(21)23(31)13-9-16(28)24(32)17(29)10-13/h2-10,30,32H,1H3/b20-7-. The second-order valence-corrected chi connectivity index (χ2v) is 10.7. The van der Waals surface area contributed by atoms with Crippen LogP contribution < -0.4 is 4.74 Å². The summed E-state index contributed by atoms with van der Waals surface area (Å²) in [6.07, 6.45) is 1.61. The van der Waals surface area contributed by atoms with E-state index in [0.717, 1.165) is 0 Å². The topological polar surface area (TPSA) is 93.1 Å². The van der Waals surface area contributed by atoms with Gasteiger partial charge in [0, 0.05) is 11.1 Å². The van der Waals surface area contributed by atoms with Gasteiger partial charge in [-0.1, -0.05) is 12.1 Å². The minimum absolute atomic E-state index is 0.0600. The number of hydrogen-bond donors (Lipinski definition) is 2. The van der Waals surface area contributed by atoms with Gasteiger partial charge in [0.25, 0.3) is 0 Å². The summed E-state index contributed by atoms with van der Waals surface area (Å²) in [5.41, 5.74) is 1.50. The third-order valence-corrected chi connectivity index (χ3v) is 7.58. The summed E-state index contributed by atoms with van der Waals surface area (Å²) in [6, 6.07) is 12.8. The highest BCUT2D eigenvalue weighted by Gasteiger charge is 2.36. The van der Waals surface area contributed by atoms with Crippen LogP contribution in [-0.4, -0.2) is 29.1 Å². The van der Waals surface area contributed by atoms with Crippen LogP contribution in [-0.2, 0) is 9.53 Å². The molecule has 6 nitrogen and oxygen atoms in total. The lowest BCUT2D eigenvalue weighted by Gasteiger charge is -2.10. The third kappa shape index (κ3) is 5.11. The van der Waals surface area contributed by atoms with Gasteiger partial charge in [-0.25, -0.2) is 4.79 Å². The second kappa shape index (κ2) is 10.3. The van der Waals surface area contributed by atoms with Crippen molar-refractivity contribution in [2.45, 2.75) is 0 Å². The van der Waals surface area contributed by atoms with Crippen LogP contribution in [0, 0.1) is 0 Å². The Morgan fingerprint density at radius 2 is 1.60 bits per heavy atom. The number of hydrogen-bond acceptors (Lipinski definition) is 6. The van der Waals surface area contributed by atoms with E-state index in [1.807, 2.05) is 0 Å². The quantitative estimate of drug-likeness (QED) is 0.162. The molecule has 1 aliphatic rings. The van der Waals surface area contributed by atoms with Crippen LogP contribution in [0.2, 0.25) is 0 Å². The maximum absolute atomic E-state index is 13.6. The number of ether oxygens (including phenoxy) is 2. The lowest BCUT2D eigenvalue weighted by atomic mass is 9.93. The SMILES string of the molecule is COc1ccc(C2=C(C(=O)c3cc(Br)c(O)c(Br)c3)C(=O)O/C2=C\c2ccc(O)c(Br)c2)cc1Br. The number of esters is 1. The number of halogens is 4. The van der Waals surface area contributed by atoms with E-state index in [1.54, 1.807) is 36.4 Å². The molecular weight excluding hydrogens is 716 g/mol. The van der Waals surface area contributed by atoms with Crippen LogP contribution in [0.4, 0.5) is 0 Å². The number of carbonyl (C=O) groups excluding carboxylic acids is 2. The van der Waals surface area contributed by atoms with Gasteiger partial charge in [0.1, 0.15) is 28.6 Å². The molecule has 3 aromatic rings. The predicted octanol–water partition coefficient (Wildman–Crippen LogP) is 7.39. The molecule has 0 aliphatic carbocycles. The third-order valence-electron chi connectivity index (χ3n) is 5.12. The summed E-state index contributed by atoms with van der Waals surface area (Å²) in [5, 5.41) is 19.8. The van der Waals surface area contributed by atoms with Gasteiger partial charge in [-0.05, 0) is 117 Å². The normalized spacial score (nSPS) is 14.4. The highest BCUT2D eigenvalue weighted by atomic mass is 79.9. The number of phenolic OH excluding ortho intramolecular Hbond substituents is 2. The molecule has 10 heteroatoms. The molecule has 0 aromatic heterocycles. The molecule has 35 heavy (non-hydrogen) atoms. The number of cyclic esters (lactones) is 1. The fourth-order valence-electron chi connectivity index (χ4n) is 3.45. The first kappa shape index (κ1) is 25.7. The monoisotopic (exact) mass is 726 g/mol. The average molecular weight is 730 g/mol. The molecule has 1 heterocycles. The summed E-state index contributed by atoms with van der Waals surface area (Å²) >= 11 is 13.2. The molecular formula is C25H14Br4O6. The Balaban J connectivity index is 1.94. The number of aromatic hydroxyl groups is 2. The van der Waals surface area contributed by atoms with Crippen LogP contribution in [0.5, 0.6) is 17.2 Å². The van der Waals surface area contributed by atoms with Gasteiger partial charge in [0.2, 0.25) is 5.78 Å². The van der Waals surface area contributed by atoms with E-state index in [1.165, 1.54) is 25.3 Å². The number of allylic oxidation sites excluding steroid dienone is 1. The molecule has 0 spiro atoms. The second-order valence-electron chi connectivity index (χ2n) is 7.33. The molecule has 0 bridgehead atoms. The smallest absolute Gasteiger partial charge is 0.348 e. The molecule has 0 fully saturated rings. The first-order chi connectivity index (χ1) is 16.6. The van der Waals surface area contributed by atoms with E-state index in [2.05, 4.69) is 63.7 Å². The molecule has 0 saturated carbocycles. The highest BCUT2D eigenvalue weighted by molar-refractivity contribution is 9.11. The first-order valence-electron chi connectivity index (χ1n) is 9.84. The first-order valence-corrected chi connectivity index (χ1v) is 13.0. The molecule has 178 valence electrons. The number of Topliss-reactive ketones (excluding diaryl/α,β-unsaturated/α-hetero) is 1. The lowest BCUT2D eigenvalue weighted by Crippen LogP contribution is -2.11. The summed E-state index contributed by atoms with van der Waals surface area (Å²) in [7, 11) is 1.53. The molecule has 0 radical (unpaired) electrons. The minimum atomic E-state index is -0.804. The van der Waals surface area contributed by atoms with Gasteiger partial charge in [-0.3, -0.25) is 4.79 Å². The number of rotatable bonds is 5. The molecule has 0 amide bonds. The molecule has 1 aliphatic heterocycles. The minimum Gasteiger partial charge on any atom is -0.507 e. The summed E-state index contributed by atoms with van der Waals surface area (Å²) in [5.74, 6) is -0.640. The molecule has 3 aromatic carbocycles. The number of benzene rings is 3. The Kier molecular flexibility index (Phi) is 7.56. The summed E-state index contributed by atoms with van der Waals surface area (Å²) in [6.45, 7) is 0. The van der Waals surface area contributed by atoms with Crippen molar-refractivity contribution < 1.29 is 29.3 Å². The van der Waals surface area contributed by atoms with E-state index >= 15 is 0 Å². The lowest BCUT2D eigenvalue weighted by molar-refractivity contribution is -0.132. The van der Waals surface area contributed by atoms with E-state index < -0.39 is 11.8 Å². The van der Waals surface area contributed by atoms with Crippen LogP contribution >= 0.6 is 63.7 Å². The van der Waals surface area contributed by atoms with Crippen LogP contribution in [0.25, 0.3) is 11.6 Å². The zero-order valence-corrected chi connectivity index (χ0v) is 24.1. The van der Waals surface area contributed by atoms with Gasteiger partial charge in [-0.15, -0.1) is 0 Å². The summed E-state index contributed by atoms with van der Waals surface area (Å²) < 4.78 is 12.5. The Hall–Kier alpha value is -2.40. The zero-order chi connectivity index (χ0) is 25.4. The van der Waals surface area contributed by atoms with Crippen LogP contribution in [0.3, 0.4) is 0 Å². The number of phenols is 2. The van der Waals surface area contributed by atoms with Crippen LogP contribution in [0.15, 0.2) is 77.8 Å². The van der Waals surface area contributed by atoms with Crippen molar-refractivity contribution in [2.75, 3.05) is 7.11 Å². The summed E-state index contributed by atoms with van der Waals surface area (Å²) in [4.78, 5) is 26.6. The largest absolute Gasteiger partial charge is 0.507 e. The average Bonchev–Trinajstić information content (AvgIpc) is 3.14. The van der Waals surface area contributed by atoms with Crippen molar-refractivity contribution >= 4 is 87.1 Å². The van der Waals surface area contributed by atoms with E-state index in [4.69, 9.17) is 9.47 Å². The van der Waals surface area contributed by atoms with Crippen molar-refractivity contribution in [1.29, 1.82) is 0 Å². The van der Waals surface area contributed by atoms with Gasteiger partial charge in [0.05, 0.1) is 25.0 Å². The number of ketones is 1. The fraction of sp³-hybridized carbons (Fsp3) is 0.0400. The Morgan fingerprint density at radius 1 is 0.914 bits per heavy atom. The van der Waals surface area contributed by atoms with Crippen molar-refractivity contribution in [2.24, 2.45) is 0 Å². The maximum atomic E-state index is 13.6. The molecule has 0 unspecified atom stereocenters. The molecule has 0 atom stereocenters. The molecule has 0 saturated heterocycles. The number of carbonyl (C=O) groups is 2. The van der Waals surface area contributed by atoms with Crippen molar-refractivity contribution in [3.8, 4) is 17.2 Å². The van der Waals surface area contributed by atoms with Gasteiger partial charge in [-0.2, -0.15) is 0 Å². The van der Waals surface area contributed by atoms with Crippen molar-refractivity contribution in [1.82, 2.24) is 0 Å². The Bertz CT molecular complexity index is 1440. The zero-order valence-electron chi connectivity index (χ0n) is 17.7. The van der Waals surface area contributed by atoms with E-state index in [0.29, 0.717) is 40.3 Å². The van der Waals surface area contributed by atoms with E-state index in [9.17, 15) is 19.8 Å². The van der Waals surface area contributed by atoms with E-state index in [-0.39, 0.29) is 28.4 Å². The van der Waals surface area contributed by atoms with Gasteiger partial charge >= 0.3 is 5.97 Å². The maximum Gasteiger partial charge on any atom is 0.348 e. The Labute approximate surface area is 233 Å². The van der Waals surface area contributed by atoms with Gasteiger partial charge in [0.15, 0.2) is 0 Å². The van der Waals surface area contributed by atoms with Gasteiger partial charge < -0.3 is 19.7 Å². The molecule has 2 N–H and O–H groups in total. The predicted molar refractivity (Wildman–Crippen MR) is 145 cm³/mol. The fourth-order valence-corrected chi connectivity index (χ4v) is 5.57. The van der Waals surface area contributed by atoms with Crippen molar-refractivity contribution in [3.05, 3.63) is 94.4 Å².